The molecular weight excluding hydrogens is 180 g/mol. The maximum atomic E-state index is 2.33. The fraction of sp³-hybridized carbons (Fsp3) is 0.533. The van der Waals surface area contributed by atoms with E-state index in [1.165, 1.54) is 11.1 Å². The molecule has 0 aliphatic carbocycles. The highest BCUT2D eigenvalue weighted by Gasteiger charge is 2.22. The minimum absolute atomic E-state index is 0.221. The molecule has 0 fully saturated rings. The summed E-state index contributed by atoms with van der Waals surface area (Å²) in [6.07, 6.45) is 0. The van der Waals surface area contributed by atoms with Crippen molar-refractivity contribution < 1.29 is 0 Å². The Labute approximate surface area is 94.4 Å². The predicted molar refractivity (Wildman–Crippen MR) is 68.2 cm³/mol. The van der Waals surface area contributed by atoms with Gasteiger partial charge >= 0.3 is 0 Å². The molecule has 0 N–H and O–H groups in total. The standard InChI is InChI=1S/C15H23/c1-14(2,3)12-9-7-8-10-13(11-12)15(4,5)6/h7-11H,1-6H3/q+1. The lowest BCUT2D eigenvalue weighted by molar-refractivity contribution is 0.572. The summed E-state index contributed by atoms with van der Waals surface area (Å²) in [7, 11) is 0. The van der Waals surface area contributed by atoms with E-state index in [9.17, 15) is 0 Å². The van der Waals surface area contributed by atoms with E-state index in [2.05, 4.69) is 71.9 Å². The molecule has 0 saturated carbocycles. The number of hydrogen-bond donors (Lipinski definition) is 0. The Morgan fingerprint density at radius 2 is 1.40 bits per heavy atom. The molecule has 82 valence electrons. The van der Waals surface area contributed by atoms with Crippen molar-refractivity contribution in [3.05, 3.63) is 41.5 Å². The van der Waals surface area contributed by atoms with E-state index in [4.69, 9.17) is 0 Å². The van der Waals surface area contributed by atoms with Crippen LogP contribution >= 0.6 is 0 Å². The van der Waals surface area contributed by atoms with E-state index >= 15 is 0 Å². The van der Waals surface area contributed by atoms with Gasteiger partial charge in [0.05, 0.1) is 6.07 Å². The molecular formula is C15H23+. The van der Waals surface area contributed by atoms with Gasteiger partial charge in [-0.3, -0.25) is 0 Å². The van der Waals surface area contributed by atoms with Crippen LogP contribution in [0.5, 0.6) is 0 Å². The van der Waals surface area contributed by atoms with Crippen LogP contribution < -0.4 is 0 Å². The van der Waals surface area contributed by atoms with Crippen molar-refractivity contribution >= 4 is 0 Å². The van der Waals surface area contributed by atoms with Crippen LogP contribution in [0.1, 0.15) is 52.7 Å². The quantitative estimate of drug-likeness (QED) is 0.542. The highest BCUT2D eigenvalue weighted by molar-refractivity contribution is 5.30. The molecule has 1 aromatic carbocycles. The van der Waals surface area contributed by atoms with Crippen LogP contribution in [0, 0.1) is 0 Å². The average molecular weight is 203 g/mol. The maximum Gasteiger partial charge on any atom is 0.0502 e. The lowest BCUT2D eigenvalue weighted by Gasteiger charge is -2.18. The van der Waals surface area contributed by atoms with Crippen LogP contribution in [0.2, 0.25) is 0 Å². The third kappa shape index (κ3) is 3.30. The fourth-order valence-corrected chi connectivity index (χ4v) is 1.52. The summed E-state index contributed by atoms with van der Waals surface area (Å²) < 4.78 is 0. The average Bonchev–Trinajstić information content (AvgIpc) is 2.24. The van der Waals surface area contributed by atoms with Crippen LogP contribution in [-0.4, -0.2) is 0 Å². The first-order valence-corrected chi connectivity index (χ1v) is 5.65. The van der Waals surface area contributed by atoms with Gasteiger partial charge in [0.25, 0.3) is 0 Å². The van der Waals surface area contributed by atoms with Gasteiger partial charge in [0.2, 0.25) is 0 Å². The molecule has 0 atom stereocenters. The Balaban J connectivity index is 3.31. The van der Waals surface area contributed by atoms with Gasteiger partial charge in [0.1, 0.15) is 0 Å². The van der Waals surface area contributed by atoms with E-state index in [1.54, 1.807) is 0 Å². The topological polar surface area (TPSA) is 0 Å². The zero-order chi connectivity index (χ0) is 11.7. The summed E-state index contributed by atoms with van der Waals surface area (Å²) in [4.78, 5) is 0. The molecule has 0 unspecified atom stereocenters. The smallest absolute Gasteiger partial charge is 0.0502 e. The first-order chi connectivity index (χ1) is 6.71. The van der Waals surface area contributed by atoms with Crippen LogP contribution in [0.3, 0.4) is 0 Å². The second kappa shape index (κ2) is 3.92. The first-order valence-electron chi connectivity index (χ1n) is 5.65. The van der Waals surface area contributed by atoms with Crippen molar-refractivity contribution in [3.63, 3.8) is 0 Å². The van der Waals surface area contributed by atoms with Crippen molar-refractivity contribution in [3.8, 4) is 0 Å². The summed E-state index contributed by atoms with van der Waals surface area (Å²) in [5.74, 6) is 0. The third-order valence-electron chi connectivity index (χ3n) is 2.71. The Morgan fingerprint density at radius 3 is 1.87 bits per heavy atom. The summed E-state index contributed by atoms with van der Waals surface area (Å²) in [5, 5.41) is 0. The highest BCUT2D eigenvalue weighted by Crippen LogP contribution is 2.27. The molecule has 0 aliphatic rings. The zero-order valence-electron chi connectivity index (χ0n) is 10.9. The van der Waals surface area contributed by atoms with Crippen molar-refractivity contribution in [1.82, 2.24) is 0 Å². The van der Waals surface area contributed by atoms with Gasteiger partial charge in [-0.25, -0.2) is 0 Å². The van der Waals surface area contributed by atoms with Crippen LogP contribution in [-0.2, 0) is 10.8 Å². The summed E-state index contributed by atoms with van der Waals surface area (Å²) >= 11 is 0. The van der Waals surface area contributed by atoms with Gasteiger partial charge < -0.3 is 0 Å². The predicted octanol–water partition coefficient (Wildman–Crippen LogP) is 4.56. The Bertz CT molecular complexity index is 306. The molecule has 15 heavy (non-hydrogen) atoms. The van der Waals surface area contributed by atoms with Crippen molar-refractivity contribution in [2.45, 2.75) is 52.4 Å². The molecule has 0 nitrogen and oxygen atoms in total. The molecule has 0 radical (unpaired) electrons. The van der Waals surface area contributed by atoms with Gasteiger partial charge in [-0.1, -0.05) is 20.8 Å². The van der Waals surface area contributed by atoms with Crippen molar-refractivity contribution in [2.75, 3.05) is 0 Å². The van der Waals surface area contributed by atoms with Crippen LogP contribution in [0.25, 0.3) is 0 Å². The molecule has 0 saturated heterocycles. The summed E-state index contributed by atoms with van der Waals surface area (Å²) in [5.41, 5.74) is 3.24. The number of rotatable bonds is 0. The van der Waals surface area contributed by atoms with Gasteiger partial charge in [-0.2, -0.15) is 0 Å². The summed E-state index contributed by atoms with van der Waals surface area (Å²) in [6.45, 7) is 13.6. The normalized spacial score (nSPS) is 12.7. The Hall–Kier alpha value is -0.910. The van der Waals surface area contributed by atoms with Gasteiger partial charge in [0, 0.05) is 46.2 Å². The lowest BCUT2D eigenvalue weighted by atomic mass is 9.83. The monoisotopic (exact) mass is 203 g/mol. The zero-order valence-corrected chi connectivity index (χ0v) is 10.9. The fourth-order valence-electron chi connectivity index (χ4n) is 1.52. The van der Waals surface area contributed by atoms with Gasteiger partial charge in [-0.05, 0) is 20.8 Å². The lowest BCUT2D eigenvalue weighted by Crippen LogP contribution is -2.14. The van der Waals surface area contributed by atoms with E-state index in [0.717, 1.165) is 0 Å². The van der Waals surface area contributed by atoms with Crippen molar-refractivity contribution in [2.24, 2.45) is 0 Å². The highest BCUT2D eigenvalue weighted by atomic mass is 14.2. The molecule has 0 aliphatic heterocycles. The largest absolute Gasteiger partial charge is 0.0549 e. The SMILES string of the molecule is CC(C)(C)c1cc[cH+]cc(C(C)(C)C)c1. The van der Waals surface area contributed by atoms with Crippen LogP contribution in [0.15, 0.2) is 30.3 Å². The van der Waals surface area contributed by atoms with Crippen molar-refractivity contribution in [1.29, 1.82) is 0 Å². The van der Waals surface area contributed by atoms with E-state index < -0.39 is 0 Å². The second-order valence-electron chi connectivity index (χ2n) is 6.27. The van der Waals surface area contributed by atoms with Gasteiger partial charge in [0.15, 0.2) is 0 Å². The molecule has 0 heterocycles. The minimum atomic E-state index is 0.221. The third-order valence-corrected chi connectivity index (χ3v) is 2.71. The molecule has 1 rings (SSSR count). The second-order valence-corrected chi connectivity index (χ2v) is 6.27. The van der Waals surface area contributed by atoms with E-state index in [0.29, 0.717) is 0 Å². The van der Waals surface area contributed by atoms with E-state index in [-0.39, 0.29) is 10.8 Å². The Morgan fingerprint density at radius 1 is 0.867 bits per heavy atom. The van der Waals surface area contributed by atoms with Crippen LogP contribution in [0.4, 0.5) is 0 Å². The molecule has 0 spiro atoms. The molecule has 0 amide bonds. The van der Waals surface area contributed by atoms with E-state index in [1.807, 2.05) is 0 Å². The molecule has 0 bridgehead atoms. The van der Waals surface area contributed by atoms with Gasteiger partial charge in [-0.15, -0.1) is 0 Å². The first kappa shape index (κ1) is 12.2. The Kier molecular flexibility index (Phi) is 3.18. The summed E-state index contributed by atoms with van der Waals surface area (Å²) in [6, 6.07) is 11.0. The molecule has 1 aromatic rings. The number of hydrogen-bond acceptors (Lipinski definition) is 0. The minimum Gasteiger partial charge on any atom is -0.0549 e. The molecule has 0 heteroatoms. The maximum absolute atomic E-state index is 2.33. The molecule has 0 aromatic heterocycles.